The highest BCUT2D eigenvalue weighted by molar-refractivity contribution is 5.96. The summed E-state index contributed by atoms with van der Waals surface area (Å²) >= 11 is 0. The molecule has 3 heterocycles. The molecule has 1 aromatic carbocycles. The molecule has 1 aliphatic rings. The number of hydrogen-bond acceptors (Lipinski definition) is 5. The van der Waals surface area contributed by atoms with Gasteiger partial charge in [0, 0.05) is 24.6 Å². The third-order valence-corrected chi connectivity index (χ3v) is 4.29. The molecule has 0 spiro atoms. The van der Waals surface area contributed by atoms with Gasteiger partial charge in [0.05, 0.1) is 6.26 Å². The minimum absolute atomic E-state index is 0.0738. The van der Waals surface area contributed by atoms with E-state index in [1.54, 1.807) is 23.3 Å². The normalized spacial score (nSPS) is 17.6. The molecule has 1 saturated heterocycles. The molecule has 0 radical (unpaired) electrons. The Labute approximate surface area is 139 Å². The molecular weight excluding hydrogens is 306 g/mol. The second kappa shape index (κ2) is 5.96. The molecule has 122 valence electrons. The quantitative estimate of drug-likeness (QED) is 0.735. The Morgan fingerprint density at radius 2 is 2.21 bits per heavy atom. The summed E-state index contributed by atoms with van der Waals surface area (Å²) in [5.74, 6) is 1.43. The number of aryl methyl sites for hydroxylation is 1. The number of anilines is 1. The lowest BCUT2D eigenvalue weighted by molar-refractivity contribution is -0.117. The monoisotopic (exact) mass is 323 g/mol. The van der Waals surface area contributed by atoms with Crippen LogP contribution in [0.1, 0.15) is 30.7 Å². The van der Waals surface area contributed by atoms with Gasteiger partial charge in [-0.3, -0.25) is 4.79 Å². The van der Waals surface area contributed by atoms with Gasteiger partial charge in [-0.1, -0.05) is 24.2 Å². The first-order chi connectivity index (χ1) is 11.7. The van der Waals surface area contributed by atoms with Crippen LogP contribution in [0.25, 0.3) is 11.7 Å². The largest absolute Gasteiger partial charge is 0.459 e. The van der Waals surface area contributed by atoms with Gasteiger partial charge in [-0.2, -0.15) is 4.98 Å². The lowest BCUT2D eigenvalue weighted by Gasteiger charge is -2.17. The van der Waals surface area contributed by atoms with Gasteiger partial charge >= 0.3 is 0 Å². The zero-order chi connectivity index (χ0) is 16.5. The lowest BCUT2D eigenvalue weighted by atomic mass is 10.1. The van der Waals surface area contributed by atoms with E-state index in [1.165, 1.54) is 5.56 Å². The van der Waals surface area contributed by atoms with E-state index in [0.717, 1.165) is 12.1 Å². The predicted molar refractivity (Wildman–Crippen MR) is 87.5 cm³/mol. The molecule has 0 aliphatic carbocycles. The third-order valence-electron chi connectivity index (χ3n) is 4.29. The maximum absolute atomic E-state index is 12.4. The molecular formula is C18H17N3O3. The Balaban J connectivity index is 1.55. The van der Waals surface area contributed by atoms with Crippen LogP contribution in [-0.2, 0) is 11.2 Å². The van der Waals surface area contributed by atoms with Crippen LogP contribution in [0.2, 0.25) is 0 Å². The highest BCUT2D eigenvalue weighted by atomic mass is 16.5. The Hall–Kier alpha value is -2.89. The summed E-state index contributed by atoms with van der Waals surface area (Å²) in [5, 5.41) is 4.03. The summed E-state index contributed by atoms with van der Waals surface area (Å²) in [7, 11) is 0. The van der Waals surface area contributed by atoms with E-state index in [0.29, 0.717) is 30.4 Å². The fraction of sp³-hybridized carbons (Fsp3) is 0.278. The molecule has 1 unspecified atom stereocenters. The highest BCUT2D eigenvalue weighted by Crippen LogP contribution is 2.32. The molecule has 1 atom stereocenters. The number of nitrogens with zero attached hydrogens (tertiary/aromatic N) is 3. The molecule has 6 nitrogen and oxygen atoms in total. The van der Waals surface area contributed by atoms with Crippen LogP contribution < -0.4 is 4.90 Å². The van der Waals surface area contributed by atoms with Crippen molar-refractivity contribution in [3.63, 3.8) is 0 Å². The van der Waals surface area contributed by atoms with Crippen molar-refractivity contribution in [1.29, 1.82) is 0 Å². The molecule has 1 aliphatic heterocycles. The summed E-state index contributed by atoms with van der Waals surface area (Å²) < 4.78 is 10.5. The van der Waals surface area contributed by atoms with E-state index in [-0.39, 0.29) is 11.8 Å². The first kappa shape index (κ1) is 14.7. The standard InChI is InChI=1S/C18H17N3O3/c1-2-12-5-3-6-14(9-12)21-11-13(10-16(21)22)17-19-18(24-20-17)15-7-4-8-23-15/h3-9,13H,2,10-11H2,1H3. The number of aromatic nitrogens is 2. The molecule has 0 saturated carbocycles. The van der Waals surface area contributed by atoms with Crippen molar-refractivity contribution in [1.82, 2.24) is 10.1 Å². The van der Waals surface area contributed by atoms with E-state index < -0.39 is 0 Å². The number of carbonyl (C=O) groups is 1. The average molecular weight is 323 g/mol. The molecule has 6 heteroatoms. The van der Waals surface area contributed by atoms with Crippen LogP contribution >= 0.6 is 0 Å². The van der Waals surface area contributed by atoms with Crippen molar-refractivity contribution in [3.05, 3.63) is 54.0 Å². The maximum atomic E-state index is 12.4. The van der Waals surface area contributed by atoms with Crippen LogP contribution in [0, 0.1) is 0 Å². The van der Waals surface area contributed by atoms with E-state index in [2.05, 4.69) is 29.2 Å². The lowest BCUT2D eigenvalue weighted by Crippen LogP contribution is -2.24. The molecule has 0 N–H and O–H groups in total. The average Bonchev–Trinajstić information content (AvgIpc) is 3.34. The van der Waals surface area contributed by atoms with Gasteiger partial charge < -0.3 is 13.8 Å². The Morgan fingerprint density at radius 3 is 3.00 bits per heavy atom. The molecule has 0 bridgehead atoms. The van der Waals surface area contributed by atoms with Gasteiger partial charge in [0.25, 0.3) is 5.89 Å². The number of carbonyl (C=O) groups excluding carboxylic acids is 1. The van der Waals surface area contributed by atoms with Gasteiger partial charge in [-0.15, -0.1) is 0 Å². The van der Waals surface area contributed by atoms with Crippen molar-refractivity contribution in [3.8, 4) is 11.7 Å². The minimum atomic E-state index is -0.0738. The van der Waals surface area contributed by atoms with E-state index >= 15 is 0 Å². The van der Waals surface area contributed by atoms with Crippen molar-refractivity contribution in [2.45, 2.75) is 25.7 Å². The fourth-order valence-corrected chi connectivity index (χ4v) is 2.98. The molecule has 1 amide bonds. The highest BCUT2D eigenvalue weighted by Gasteiger charge is 2.34. The van der Waals surface area contributed by atoms with E-state index in [4.69, 9.17) is 8.94 Å². The van der Waals surface area contributed by atoms with Crippen molar-refractivity contribution < 1.29 is 13.7 Å². The van der Waals surface area contributed by atoms with Crippen LogP contribution in [-0.4, -0.2) is 22.6 Å². The third kappa shape index (κ3) is 2.60. The van der Waals surface area contributed by atoms with E-state index in [9.17, 15) is 4.79 Å². The van der Waals surface area contributed by atoms with Gasteiger partial charge in [0.15, 0.2) is 11.6 Å². The zero-order valence-corrected chi connectivity index (χ0v) is 13.3. The summed E-state index contributed by atoms with van der Waals surface area (Å²) in [6.07, 6.45) is 2.88. The fourth-order valence-electron chi connectivity index (χ4n) is 2.98. The number of hydrogen-bond donors (Lipinski definition) is 0. The molecule has 24 heavy (non-hydrogen) atoms. The van der Waals surface area contributed by atoms with Gasteiger partial charge in [0.1, 0.15) is 0 Å². The second-order valence-corrected chi connectivity index (χ2v) is 5.86. The Bertz CT molecular complexity index is 854. The molecule has 4 rings (SSSR count). The first-order valence-corrected chi connectivity index (χ1v) is 8.01. The van der Waals surface area contributed by atoms with Crippen LogP contribution in [0.4, 0.5) is 5.69 Å². The number of benzene rings is 1. The van der Waals surface area contributed by atoms with Gasteiger partial charge in [-0.25, -0.2) is 0 Å². The summed E-state index contributed by atoms with van der Waals surface area (Å²) in [6.45, 7) is 2.66. The van der Waals surface area contributed by atoms with Crippen LogP contribution in [0.5, 0.6) is 0 Å². The summed E-state index contributed by atoms with van der Waals surface area (Å²) in [6, 6.07) is 11.6. The SMILES string of the molecule is CCc1cccc(N2CC(c3noc(-c4ccco4)n3)CC2=O)c1. The van der Waals surface area contributed by atoms with Gasteiger partial charge in [0.2, 0.25) is 5.91 Å². The Kier molecular flexibility index (Phi) is 3.65. The smallest absolute Gasteiger partial charge is 0.293 e. The van der Waals surface area contributed by atoms with Crippen molar-refractivity contribution in [2.24, 2.45) is 0 Å². The first-order valence-electron chi connectivity index (χ1n) is 8.01. The van der Waals surface area contributed by atoms with Crippen molar-refractivity contribution in [2.75, 3.05) is 11.4 Å². The molecule has 2 aromatic heterocycles. The zero-order valence-electron chi connectivity index (χ0n) is 13.3. The van der Waals surface area contributed by atoms with Crippen molar-refractivity contribution >= 4 is 11.6 Å². The number of rotatable bonds is 4. The molecule has 3 aromatic rings. The summed E-state index contributed by atoms with van der Waals surface area (Å²) in [5.41, 5.74) is 2.14. The minimum Gasteiger partial charge on any atom is -0.459 e. The Morgan fingerprint density at radius 1 is 1.29 bits per heavy atom. The predicted octanol–water partition coefficient (Wildman–Crippen LogP) is 3.41. The van der Waals surface area contributed by atoms with Crippen LogP contribution in [0.15, 0.2) is 51.6 Å². The van der Waals surface area contributed by atoms with Crippen LogP contribution in [0.3, 0.4) is 0 Å². The van der Waals surface area contributed by atoms with Gasteiger partial charge in [-0.05, 0) is 36.2 Å². The summed E-state index contributed by atoms with van der Waals surface area (Å²) in [4.78, 5) is 18.6. The van der Waals surface area contributed by atoms with E-state index in [1.807, 2.05) is 12.1 Å². The maximum Gasteiger partial charge on any atom is 0.293 e. The molecule has 1 fully saturated rings. The second-order valence-electron chi connectivity index (χ2n) is 5.86. The number of furan rings is 1. The topological polar surface area (TPSA) is 72.4 Å². The number of amides is 1.